The summed E-state index contributed by atoms with van der Waals surface area (Å²) in [5.74, 6) is 1.05. The number of pyridine rings is 1. The fourth-order valence-electron chi connectivity index (χ4n) is 2.36. The third-order valence-electron chi connectivity index (χ3n) is 3.44. The molecule has 2 heterocycles. The van der Waals surface area contributed by atoms with E-state index in [1.54, 1.807) is 0 Å². The molecule has 104 valence electrons. The van der Waals surface area contributed by atoms with E-state index in [2.05, 4.69) is 22.4 Å². The number of aliphatic hydroxyl groups excluding tert-OH is 2. The molecular weight excluding hydrogens is 240 g/mol. The molecule has 4 nitrogen and oxygen atoms in total. The fraction of sp³-hybridized carbons (Fsp3) is 0.533. The molecule has 0 fully saturated rings. The minimum absolute atomic E-state index is 0.539. The Labute approximate surface area is 114 Å². The Kier molecular flexibility index (Phi) is 5.21. The van der Waals surface area contributed by atoms with Crippen molar-refractivity contribution >= 4 is 5.82 Å². The van der Waals surface area contributed by atoms with E-state index in [9.17, 15) is 5.11 Å². The molecule has 0 aromatic carbocycles. The fourth-order valence-corrected chi connectivity index (χ4v) is 2.36. The first-order valence-electron chi connectivity index (χ1n) is 7.01. The van der Waals surface area contributed by atoms with Crippen molar-refractivity contribution in [1.29, 1.82) is 0 Å². The van der Waals surface area contributed by atoms with E-state index in [0.29, 0.717) is 6.42 Å². The first-order valence-corrected chi connectivity index (χ1v) is 7.01. The molecule has 0 bridgehead atoms. The van der Waals surface area contributed by atoms with Gasteiger partial charge in [0.2, 0.25) is 0 Å². The minimum Gasteiger partial charge on any atom is -0.516 e. The maximum absolute atomic E-state index is 9.43. The topological polar surface area (TPSA) is 65.4 Å². The highest BCUT2D eigenvalue weighted by Crippen LogP contribution is 2.20. The van der Waals surface area contributed by atoms with Gasteiger partial charge in [-0.05, 0) is 49.8 Å². The number of nitrogens with one attached hydrogen (secondary N) is 1. The Bertz CT molecular complexity index is 432. The zero-order valence-corrected chi connectivity index (χ0v) is 11.2. The minimum atomic E-state index is -0.539. The van der Waals surface area contributed by atoms with E-state index in [-0.39, 0.29) is 0 Å². The molecule has 3 N–H and O–H groups in total. The lowest BCUT2D eigenvalue weighted by molar-refractivity contribution is 0.205. The molecule has 0 aliphatic carbocycles. The van der Waals surface area contributed by atoms with E-state index in [0.717, 1.165) is 50.0 Å². The van der Waals surface area contributed by atoms with Crippen LogP contribution in [0.2, 0.25) is 0 Å². The molecule has 0 saturated carbocycles. The van der Waals surface area contributed by atoms with Crippen molar-refractivity contribution in [2.75, 3.05) is 11.9 Å². The van der Waals surface area contributed by atoms with Gasteiger partial charge in [-0.1, -0.05) is 12.5 Å². The number of fused-ring (bicyclic) bond motifs is 1. The Morgan fingerprint density at radius 3 is 3.11 bits per heavy atom. The Hall–Kier alpha value is -1.55. The van der Waals surface area contributed by atoms with Gasteiger partial charge in [-0.2, -0.15) is 0 Å². The molecule has 1 unspecified atom stereocenters. The molecule has 0 amide bonds. The SMILES string of the molecule is O/C=C/C(O)CCCCc1ccc2c(n1)NCCC2. The van der Waals surface area contributed by atoms with Crippen LogP contribution in [-0.4, -0.2) is 27.8 Å². The lowest BCUT2D eigenvalue weighted by atomic mass is 10.0. The second kappa shape index (κ2) is 7.14. The molecule has 1 aliphatic heterocycles. The zero-order valence-electron chi connectivity index (χ0n) is 11.2. The molecule has 4 heteroatoms. The second-order valence-electron chi connectivity index (χ2n) is 5.00. The summed E-state index contributed by atoms with van der Waals surface area (Å²) in [6.07, 6.45) is 7.62. The van der Waals surface area contributed by atoms with E-state index in [1.165, 1.54) is 18.1 Å². The maximum Gasteiger partial charge on any atom is 0.129 e. The van der Waals surface area contributed by atoms with Crippen molar-refractivity contribution in [3.63, 3.8) is 0 Å². The molecule has 1 aliphatic rings. The third-order valence-corrected chi connectivity index (χ3v) is 3.44. The van der Waals surface area contributed by atoms with E-state index >= 15 is 0 Å². The van der Waals surface area contributed by atoms with Crippen LogP contribution in [-0.2, 0) is 12.8 Å². The van der Waals surface area contributed by atoms with Gasteiger partial charge in [0.15, 0.2) is 0 Å². The number of rotatable bonds is 6. The molecule has 1 aromatic rings. The van der Waals surface area contributed by atoms with Crippen LogP contribution >= 0.6 is 0 Å². The van der Waals surface area contributed by atoms with Gasteiger partial charge in [0.25, 0.3) is 0 Å². The smallest absolute Gasteiger partial charge is 0.129 e. The number of nitrogens with zero attached hydrogens (tertiary/aromatic N) is 1. The van der Waals surface area contributed by atoms with Crippen LogP contribution in [0, 0.1) is 0 Å². The van der Waals surface area contributed by atoms with Crippen LogP contribution in [0.5, 0.6) is 0 Å². The Morgan fingerprint density at radius 1 is 1.37 bits per heavy atom. The van der Waals surface area contributed by atoms with Gasteiger partial charge in [0.1, 0.15) is 5.82 Å². The highest BCUT2D eigenvalue weighted by atomic mass is 16.3. The average molecular weight is 262 g/mol. The molecular formula is C15H22N2O2. The number of unbranched alkanes of at least 4 members (excludes halogenated alkanes) is 1. The lowest BCUT2D eigenvalue weighted by Gasteiger charge is -2.17. The van der Waals surface area contributed by atoms with Crippen LogP contribution < -0.4 is 5.32 Å². The molecule has 19 heavy (non-hydrogen) atoms. The van der Waals surface area contributed by atoms with Crippen molar-refractivity contribution in [3.8, 4) is 0 Å². The van der Waals surface area contributed by atoms with Gasteiger partial charge in [-0.25, -0.2) is 4.98 Å². The van der Waals surface area contributed by atoms with Crippen molar-refractivity contribution in [2.24, 2.45) is 0 Å². The maximum atomic E-state index is 9.43. The van der Waals surface area contributed by atoms with E-state index in [1.807, 2.05) is 0 Å². The van der Waals surface area contributed by atoms with Crippen LogP contribution in [0.25, 0.3) is 0 Å². The highest BCUT2D eigenvalue weighted by Gasteiger charge is 2.10. The van der Waals surface area contributed by atoms with Gasteiger partial charge < -0.3 is 15.5 Å². The predicted molar refractivity (Wildman–Crippen MR) is 76.4 cm³/mol. The van der Waals surface area contributed by atoms with Gasteiger partial charge in [-0.3, -0.25) is 0 Å². The van der Waals surface area contributed by atoms with Gasteiger partial charge in [0, 0.05) is 12.2 Å². The molecule has 2 rings (SSSR count). The standard InChI is InChI=1S/C15H22N2O2/c18-11-9-14(19)6-2-1-5-13-8-7-12-4-3-10-16-15(12)17-13/h7-9,11,14,18-19H,1-6,10H2,(H,16,17)/b11-9+. The van der Waals surface area contributed by atoms with Crippen molar-refractivity contribution in [3.05, 3.63) is 35.7 Å². The van der Waals surface area contributed by atoms with Crippen LogP contribution in [0.4, 0.5) is 5.82 Å². The number of hydrogen-bond acceptors (Lipinski definition) is 4. The van der Waals surface area contributed by atoms with Crippen molar-refractivity contribution in [2.45, 2.75) is 44.6 Å². The van der Waals surface area contributed by atoms with Gasteiger partial charge >= 0.3 is 0 Å². The summed E-state index contributed by atoms with van der Waals surface area (Å²) < 4.78 is 0. The second-order valence-corrected chi connectivity index (χ2v) is 5.00. The Morgan fingerprint density at radius 2 is 2.26 bits per heavy atom. The molecule has 0 radical (unpaired) electrons. The van der Waals surface area contributed by atoms with Gasteiger partial charge in [0.05, 0.1) is 12.4 Å². The predicted octanol–water partition coefficient (Wildman–Crippen LogP) is 2.59. The summed E-state index contributed by atoms with van der Waals surface area (Å²) in [7, 11) is 0. The van der Waals surface area contributed by atoms with Crippen molar-refractivity contribution in [1.82, 2.24) is 4.98 Å². The van der Waals surface area contributed by atoms with E-state index in [4.69, 9.17) is 5.11 Å². The van der Waals surface area contributed by atoms with Crippen LogP contribution in [0.15, 0.2) is 24.5 Å². The van der Waals surface area contributed by atoms with E-state index < -0.39 is 6.10 Å². The largest absolute Gasteiger partial charge is 0.516 e. The molecule has 1 atom stereocenters. The van der Waals surface area contributed by atoms with Crippen molar-refractivity contribution < 1.29 is 10.2 Å². The highest BCUT2D eigenvalue weighted by molar-refractivity contribution is 5.46. The van der Waals surface area contributed by atoms with Gasteiger partial charge in [-0.15, -0.1) is 0 Å². The third kappa shape index (κ3) is 4.24. The summed E-state index contributed by atoms with van der Waals surface area (Å²) in [5, 5.41) is 21.3. The number of aromatic nitrogens is 1. The summed E-state index contributed by atoms with van der Waals surface area (Å²) in [6.45, 7) is 1.02. The summed E-state index contributed by atoms with van der Waals surface area (Å²) >= 11 is 0. The summed E-state index contributed by atoms with van der Waals surface area (Å²) in [5.41, 5.74) is 2.43. The van der Waals surface area contributed by atoms with Crippen LogP contribution in [0.1, 0.15) is 36.9 Å². The lowest BCUT2D eigenvalue weighted by Crippen LogP contribution is -2.14. The Balaban J connectivity index is 1.77. The first kappa shape index (κ1) is 13.9. The molecule has 0 spiro atoms. The normalized spacial score (nSPS) is 16.1. The molecule has 0 saturated heterocycles. The van der Waals surface area contributed by atoms with Crippen LogP contribution in [0.3, 0.4) is 0 Å². The summed E-state index contributed by atoms with van der Waals surface area (Å²) in [6, 6.07) is 4.28. The number of anilines is 1. The quantitative estimate of drug-likeness (QED) is 0.544. The molecule has 1 aromatic heterocycles. The monoisotopic (exact) mass is 262 g/mol. The zero-order chi connectivity index (χ0) is 13.5. The average Bonchev–Trinajstić information content (AvgIpc) is 2.44. The first-order chi connectivity index (χ1) is 9.29. The number of hydrogen-bond donors (Lipinski definition) is 3. The number of aryl methyl sites for hydroxylation is 2. The number of aliphatic hydroxyl groups is 2. The summed E-state index contributed by atoms with van der Waals surface area (Å²) in [4.78, 5) is 4.64.